The van der Waals surface area contributed by atoms with Crippen LogP contribution >= 0.6 is 0 Å². The fraction of sp³-hybridized carbons (Fsp3) is 0.500. The zero-order valence-electron chi connectivity index (χ0n) is 16.1. The summed E-state index contributed by atoms with van der Waals surface area (Å²) >= 11 is 0. The molecule has 1 aliphatic carbocycles. The number of nitrogens with one attached hydrogen (secondary N) is 1. The van der Waals surface area contributed by atoms with Crippen molar-refractivity contribution in [2.45, 2.75) is 25.0 Å². The molecule has 0 spiro atoms. The van der Waals surface area contributed by atoms with Crippen molar-refractivity contribution in [3.8, 4) is 17.1 Å². The molecule has 3 heterocycles. The predicted octanol–water partition coefficient (Wildman–Crippen LogP) is 0.618. The average Bonchev–Trinajstić information content (AvgIpc) is 2.75. The van der Waals surface area contributed by atoms with Gasteiger partial charge in [-0.05, 0) is 12.8 Å². The standard InChI is InChI=1S/C18H23N7O4/c1-27-18(26)23-12-2-3-14(12)29-15-8-13(11-9-20-16(19)21-10-11)22-17(24-15)25-4-6-28-7-5-25/h8-10,12,14H,2-7H2,1H3,(H,23,26)(H2,19,20,21)/t12-,14-/m1/s1. The number of amides is 1. The van der Waals surface area contributed by atoms with Gasteiger partial charge in [-0.15, -0.1) is 0 Å². The highest BCUT2D eigenvalue weighted by molar-refractivity contribution is 5.67. The molecule has 1 aliphatic heterocycles. The Bertz CT molecular complexity index is 858. The topological polar surface area (TPSA) is 138 Å². The quantitative estimate of drug-likeness (QED) is 0.733. The van der Waals surface area contributed by atoms with Crippen molar-refractivity contribution < 1.29 is 19.0 Å². The lowest BCUT2D eigenvalue weighted by Gasteiger charge is -2.36. The van der Waals surface area contributed by atoms with Crippen LogP contribution in [0.5, 0.6) is 5.88 Å². The van der Waals surface area contributed by atoms with E-state index in [1.165, 1.54) is 7.11 Å². The summed E-state index contributed by atoms with van der Waals surface area (Å²) in [6.45, 7) is 2.61. The minimum absolute atomic E-state index is 0.118. The Morgan fingerprint density at radius 3 is 2.66 bits per heavy atom. The van der Waals surface area contributed by atoms with Crippen LogP contribution in [-0.2, 0) is 9.47 Å². The van der Waals surface area contributed by atoms with Crippen LogP contribution in [0.3, 0.4) is 0 Å². The summed E-state index contributed by atoms with van der Waals surface area (Å²) in [5, 5.41) is 2.78. The number of hydrogen-bond donors (Lipinski definition) is 2. The van der Waals surface area contributed by atoms with Gasteiger partial charge in [0, 0.05) is 37.1 Å². The van der Waals surface area contributed by atoms with Gasteiger partial charge in [-0.3, -0.25) is 0 Å². The highest BCUT2D eigenvalue weighted by Crippen LogP contribution is 2.29. The molecule has 2 aromatic heterocycles. The van der Waals surface area contributed by atoms with E-state index in [-0.39, 0.29) is 18.1 Å². The number of hydrogen-bond acceptors (Lipinski definition) is 10. The van der Waals surface area contributed by atoms with Gasteiger partial charge in [-0.2, -0.15) is 4.98 Å². The van der Waals surface area contributed by atoms with Crippen LogP contribution < -0.4 is 20.7 Å². The van der Waals surface area contributed by atoms with Gasteiger partial charge in [0.15, 0.2) is 0 Å². The fourth-order valence-electron chi connectivity index (χ4n) is 3.14. The summed E-state index contributed by atoms with van der Waals surface area (Å²) in [5.41, 5.74) is 6.93. The number of nitrogens with two attached hydrogens (primary N) is 1. The Labute approximate surface area is 167 Å². The van der Waals surface area contributed by atoms with Crippen LogP contribution in [0.4, 0.5) is 16.7 Å². The number of alkyl carbamates (subject to hydrolysis) is 1. The molecule has 1 saturated carbocycles. The van der Waals surface area contributed by atoms with Crippen molar-refractivity contribution in [1.82, 2.24) is 25.3 Å². The molecule has 2 atom stereocenters. The maximum atomic E-state index is 11.5. The minimum atomic E-state index is -0.472. The van der Waals surface area contributed by atoms with E-state index < -0.39 is 6.09 Å². The van der Waals surface area contributed by atoms with E-state index in [1.807, 2.05) is 4.90 Å². The van der Waals surface area contributed by atoms with Crippen LogP contribution in [-0.4, -0.2) is 71.6 Å². The van der Waals surface area contributed by atoms with E-state index in [4.69, 9.17) is 15.2 Å². The molecule has 1 saturated heterocycles. The van der Waals surface area contributed by atoms with Crippen molar-refractivity contribution >= 4 is 18.0 Å². The number of nitrogens with zero attached hydrogens (tertiary/aromatic N) is 5. The van der Waals surface area contributed by atoms with Crippen molar-refractivity contribution in [3.63, 3.8) is 0 Å². The highest BCUT2D eigenvalue weighted by Gasteiger charge is 2.35. The molecule has 3 N–H and O–H groups in total. The molecule has 11 nitrogen and oxygen atoms in total. The molecule has 0 unspecified atom stereocenters. The lowest BCUT2D eigenvalue weighted by molar-refractivity contribution is 0.0642. The Balaban J connectivity index is 1.59. The molecule has 154 valence electrons. The predicted molar refractivity (Wildman–Crippen MR) is 103 cm³/mol. The van der Waals surface area contributed by atoms with Crippen LogP contribution in [0.2, 0.25) is 0 Å². The lowest BCUT2D eigenvalue weighted by Crippen LogP contribution is -2.53. The molecule has 1 amide bonds. The third-order valence-electron chi connectivity index (χ3n) is 4.92. The number of anilines is 2. The number of morpholine rings is 1. The minimum Gasteiger partial charge on any atom is -0.472 e. The van der Waals surface area contributed by atoms with Crippen molar-refractivity contribution in [2.75, 3.05) is 44.0 Å². The van der Waals surface area contributed by atoms with Gasteiger partial charge in [-0.25, -0.2) is 19.7 Å². The molecule has 11 heteroatoms. The van der Waals surface area contributed by atoms with Crippen LogP contribution in [0.15, 0.2) is 18.5 Å². The molecule has 0 radical (unpaired) electrons. The van der Waals surface area contributed by atoms with Crippen molar-refractivity contribution in [3.05, 3.63) is 18.5 Å². The zero-order valence-corrected chi connectivity index (χ0v) is 16.1. The Morgan fingerprint density at radius 2 is 2.00 bits per heavy atom. The summed E-state index contributed by atoms with van der Waals surface area (Å²) in [4.78, 5) is 30.8. The third kappa shape index (κ3) is 4.45. The number of ether oxygens (including phenoxy) is 3. The molecule has 29 heavy (non-hydrogen) atoms. The maximum Gasteiger partial charge on any atom is 0.407 e. The summed E-state index contributed by atoms with van der Waals surface area (Å²) < 4.78 is 16.2. The van der Waals surface area contributed by atoms with Gasteiger partial charge >= 0.3 is 6.09 Å². The molecule has 2 aromatic rings. The van der Waals surface area contributed by atoms with Crippen molar-refractivity contribution in [2.24, 2.45) is 0 Å². The normalized spacial score (nSPS) is 21.2. The molecular weight excluding hydrogens is 378 g/mol. The maximum absolute atomic E-state index is 11.5. The van der Waals surface area contributed by atoms with Gasteiger partial charge in [0.2, 0.25) is 17.8 Å². The Kier molecular flexibility index (Phi) is 5.56. The van der Waals surface area contributed by atoms with Gasteiger partial charge in [0.05, 0.1) is 32.1 Å². The van der Waals surface area contributed by atoms with Crippen LogP contribution in [0.25, 0.3) is 11.3 Å². The molecule has 4 rings (SSSR count). The van der Waals surface area contributed by atoms with E-state index in [9.17, 15) is 4.79 Å². The molecular formula is C18H23N7O4. The van der Waals surface area contributed by atoms with Crippen molar-refractivity contribution in [1.29, 1.82) is 0 Å². The summed E-state index contributed by atoms with van der Waals surface area (Å²) in [6.07, 6.45) is 4.20. The largest absolute Gasteiger partial charge is 0.472 e. The summed E-state index contributed by atoms with van der Waals surface area (Å²) in [5.74, 6) is 1.17. The smallest absolute Gasteiger partial charge is 0.407 e. The first-order chi connectivity index (χ1) is 14.1. The first-order valence-corrected chi connectivity index (χ1v) is 9.43. The van der Waals surface area contributed by atoms with Crippen LogP contribution in [0.1, 0.15) is 12.8 Å². The number of nitrogen functional groups attached to an aromatic ring is 1. The zero-order chi connectivity index (χ0) is 20.2. The molecule has 2 fully saturated rings. The van der Waals surface area contributed by atoms with Gasteiger partial charge in [0.25, 0.3) is 0 Å². The summed E-state index contributed by atoms with van der Waals surface area (Å²) in [6, 6.07) is 1.62. The van der Waals surface area contributed by atoms with Crippen LogP contribution in [0, 0.1) is 0 Å². The Morgan fingerprint density at radius 1 is 1.24 bits per heavy atom. The van der Waals surface area contributed by atoms with E-state index in [0.29, 0.717) is 49.4 Å². The fourth-order valence-corrected chi connectivity index (χ4v) is 3.14. The number of methoxy groups -OCH3 is 1. The first-order valence-electron chi connectivity index (χ1n) is 9.43. The first kappa shape index (κ1) is 19.1. The second-order valence-electron chi connectivity index (χ2n) is 6.80. The number of aromatic nitrogens is 4. The second-order valence-corrected chi connectivity index (χ2v) is 6.80. The molecule has 0 aromatic carbocycles. The number of rotatable bonds is 5. The van der Waals surface area contributed by atoms with Gasteiger partial charge in [0.1, 0.15) is 6.10 Å². The number of carbonyl (C=O) groups is 1. The lowest BCUT2D eigenvalue weighted by atomic mass is 9.89. The molecule has 0 bridgehead atoms. The summed E-state index contributed by atoms with van der Waals surface area (Å²) in [7, 11) is 1.34. The third-order valence-corrected chi connectivity index (χ3v) is 4.92. The van der Waals surface area contributed by atoms with E-state index in [2.05, 4.69) is 30.0 Å². The van der Waals surface area contributed by atoms with E-state index in [0.717, 1.165) is 12.8 Å². The van der Waals surface area contributed by atoms with E-state index in [1.54, 1.807) is 18.5 Å². The van der Waals surface area contributed by atoms with Gasteiger partial charge < -0.3 is 30.2 Å². The molecule has 2 aliphatic rings. The second kappa shape index (κ2) is 8.43. The SMILES string of the molecule is COC(=O)N[C@@H]1CC[C@H]1Oc1cc(-c2cnc(N)nc2)nc(N2CCOCC2)n1. The number of carbonyl (C=O) groups excluding carboxylic acids is 1. The average molecular weight is 401 g/mol. The Hall–Kier alpha value is -3.21. The highest BCUT2D eigenvalue weighted by atomic mass is 16.5. The van der Waals surface area contributed by atoms with Gasteiger partial charge in [-0.1, -0.05) is 0 Å². The van der Waals surface area contributed by atoms with E-state index >= 15 is 0 Å². The monoisotopic (exact) mass is 401 g/mol.